The topological polar surface area (TPSA) is 76.4 Å². The van der Waals surface area contributed by atoms with Crippen molar-refractivity contribution in [3.05, 3.63) is 60.7 Å². The van der Waals surface area contributed by atoms with Gasteiger partial charge in [0.1, 0.15) is 5.60 Å². The van der Waals surface area contributed by atoms with Crippen molar-refractivity contribution >= 4 is 39.6 Å². The minimum absolute atomic E-state index is 0.486. The highest BCUT2D eigenvalue weighted by Gasteiger charge is 2.16. The van der Waals surface area contributed by atoms with E-state index < -0.39 is 11.7 Å². The molecule has 134 valence electrons. The SMILES string of the molecule is CC(C)(C)OC(=O)Nc1cccc(Nc2ccc3ccccc3c2N)c1. The van der Waals surface area contributed by atoms with Crippen molar-refractivity contribution in [2.45, 2.75) is 26.4 Å². The molecule has 0 unspecified atom stereocenters. The molecule has 3 rings (SSSR count). The molecule has 0 atom stereocenters. The third-order valence-corrected chi connectivity index (χ3v) is 3.76. The van der Waals surface area contributed by atoms with Crippen LogP contribution in [0.3, 0.4) is 0 Å². The van der Waals surface area contributed by atoms with E-state index in [1.54, 1.807) is 6.07 Å². The lowest BCUT2D eigenvalue weighted by Gasteiger charge is -2.20. The number of rotatable bonds is 3. The summed E-state index contributed by atoms with van der Waals surface area (Å²) < 4.78 is 5.28. The number of nitrogen functional groups attached to an aromatic ring is 1. The van der Waals surface area contributed by atoms with E-state index in [9.17, 15) is 4.79 Å². The molecule has 0 bridgehead atoms. The highest BCUT2D eigenvalue weighted by molar-refractivity contribution is 5.99. The molecule has 5 nitrogen and oxygen atoms in total. The third kappa shape index (κ3) is 4.25. The van der Waals surface area contributed by atoms with E-state index in [4.69, 9.17) is 10.5 Å². The van der Waals surface area contributed by atoms with E-state index in [2.05, 4.69) is 10.6 Å². The molecule has 0 radical (unpaired) electrons. The molecule has 0 aliphatic heterocycles. The Bertz CT molecular complexity index is 945. The molecule has 4 N–H and O–H groups in total. The van der Waals surface area contributed by atoms with E-state index >= 15 is 0 Å². The first-order valence-corrected chi connectivity index (χ1v) is 8.46. The Morgan fingerprint density at radius 3 is 2.46 bits per heavy atom. The second-order valence-corrected chi connectivity index (χ2v) is 7.08. The van der Waals surface area contributed by atoms with Gasteiger partial charge in [0.2, 0.25) is 0 Å². The summed E-state index contributed by atoms with van der Waals surface area (Å²) in [6, 6.07) is 19.4. The van der Waals surface area contributed by atoms with Crippen LogP contribution in [0.25, 0.3) is 10.8 Å². The van der Waals surface area contributed by atoms with Crippen molar-refractivity contribution in [2.75, 3.05) is 16.4 Å². The van der Waals surface area contributed by atoms with Crippen LogP contribution in [0.1, 0.15) is 20.8 Å². The van der Waals surface area contributed by atoms with Gasteiger partial charge in [-0.05, 0) is 50.4 Å². The molecule has 1 amide bonds. The van der Waals surface area contributed by atoms with Crippen LogP contribution in [-0.4, -0.2) is 11.7 Å². The Hall–Kier alpha value is -3.21. The van der Waals surface area contributed by atoms with Gasteiger partial charge in [-0.25, -0.2) is 4.79 Å². The number of nitrogens with one attached hydrogen (secondary N) is 2. The van der Waals surface area contributed by atoms with Gasteiger partial charge in [-0.15, -0.1) is 0 Å². The summed E-state index contributed by atoms with van der Waals surface area (Å²) >= 11 is 0. The van der Waals surface area contributed by atoms with E-state index in [1.165, 1.54) is 0 Å². The summed E-state index contributed by atoms with van der Waals surface area (Å²) in [4.78, 5) is 11.9. The van der Waals surface area contributed by atoms with Gasteiger partial charge < -0.3 is 15.8 Å². The molecule has 0 aromatic heterocycles. The van der Waals surface area contributed by atoms with Crippen molar-refractivity contribution in [3.63, 3.8) is 0 Å². The average Bonchev–Trinajstić information content (AvgIpc) is 2.56. The van der Waals surface area contributed by atoms with Gasteiger partial charge in [0.25, 0.3) is 0 Å². The number of carbonyl (C=O) groups is 1. The molecule has 0 saturated carbocycles. The van der Waals surface area contributed by atoms with Crippen molar-refractivity contribution in [3.8, 4) is 0 Å². The first kappa shape index (κ1) is 17.6. The number of anilines is 4. The Kier molecular flexibility index (Phi) is 4.71. The molecule has 3 aromatic rings. The number of hydrogen-bond donors (Lipinski definition) is 3. The zero-order valence-corrected chi connectivity index (χ0v) is 15.2. The summed E-state index contributed by atoms with van der Waals surface area (Å²) in [6.45, 7) is 5.48. The number of hydrogen-bond acceptors (Lipinski definition) is 4. The second-order valence-electron chi connectivity index (χ2n) is 7.08. The summed E-state index contributed by atoms with van der Waals surface area (Å²) in [7, 11) is 0. The maximum absolute atomic E-state index is 11.9. The number of fused-ring (bicyclic) bond motifs is 1. The average molecular weight is 349 g/mol. The largest absolute Gasteiger partial charge is 0.444 e. The van der Waals surface area contributed by atoms with Crippen LogP contribution in [0.2, 0.25) is 0 Å². The van der Waals surface area contributed by atoms with Crippen molar-refractivity contribution in [1.29, 1.82) is 0 Å². The summed E-state index contributed by atoms with van der Waals surface area (Å²) in [5.41, 5.74) is 8.73. The quantitative estimate of drug-likeness (QED) is 0.545. The standard InChI is InChI=1S/C21H23N3O2/c1-21(2,3)26-20(25)24-16-9-6-8-15(13-16)23-18-12-11-14-7-4-5-10-17(14)19(18)22/h4-13,23H,22H2,1-3H3,(H,24,25). The molecular weight excluding hydrogens is 326 g/mol. The fraction of sp³-hybridized carbons (Fsp3) is 0.190. The Morgan fingerprint density at radius 2 is 1.69 bits per heavy atom. The number of carbonyl (C=O) groups excluding carboxylic acids is 1. The fourth-order valence-electron chi connectivity index (χ4n) is 2.66. The molecule has 0 heterocycles. The van der Waals surface area contributed by atoms with Crippen molar-refractivity contribution in [1.82, 2.24) is 0 Å². The van der Waals surface area contributed by atoms with Gasteiger partial charge in [-0.3, -0.25) is 5.32 Å². The van der Waals surface area contributed by atoms with Gasteiger partial charge >= 0.3 is 6.09 Å². The Morgan fingerprint density at radius 1 is 0.962 bits per heavy atom. The predicted octanol–water partition coefficient (Wildman–Crippen LogP) is 5.51. The Labute approximate surface area is 153 Å². The predicted molar refractivity (Wildman–Crippen MR) is 108 cm³/mol. The smallest absolute Gasteiger partial charge is 0.412 e. The first-order chi connectivity index (χ1) is 12.3. The number of nitrogens with two attached hydrogens (primary N) is 1. The van der Waals surface area contributed by atoms with Gasteiger partial charge in [-0.2, -0.15) is 0 Å². The molecule has 3 aromatic carbocycles. The summed E-state index contributed by atoms with van der Waals surface area (Å²) in [5.74, 6) is 0. The first-order valence-electron chi connectivity index (χ1n) is 8.46. The number of ether oxygens (including phenoxy) is 1. The lowest BCUT2D eigenvalue weighted by Crippen LogP contribution is -2.27. The number of benzene rings is 3. The molecule has 5 heteroatoms. The van der Waals surface area contributed by atoms with Crippen LogP contribution in [0.5, 0.6) is 0 Å². The van der Waals surface area contributed by atoms with Crippen LogP contribution in [0.15, 0.2) is 60.7 Å². The fourth-order valence-corrected chi connectivity index (χ4v) is 2.66. The van der Waals surface area contributed by atoms with Crippen LogP contribution < -0.4 is 16.4 Å². The van der Waals surface area contributed by atoms with E-state index in [0.29, 0.717) is 11.4 Å². The normalized spacial score (nSPS) is 11.2. The van der Waals surface area contributed by atoms with Gasteiger partial charge in [0.05, 0.1) is 11.4 Å². The third-order valence-electron chi connectivity index (χ3n) is 3.76. The molecule has 0 aliphatic rings. The molecule has 0 spiro atoms. The summed E-state index contributed by atoms with van der Waals surface area (Å²) in [5, 5.41) is 8.14. The van der Waals surface area contributed by atoms with Crippen LogP contribution in [0, 0.1) is 0 Å². The highest BCUT2D eigenvalue weighted by atomic mass is 16.6. The lowest BCUT2D eigenvalue weighted by molar-refractivity contribution is 0.0636. The van der Waals surface area contributed by atoms with Crippen LogP contribution in [0.4, 0.5) is 27.5 Å². The molecule has 0 aliphatic carbocycles. The lowest BCUT2D eigenvalue weighted by atomic mass is 10.1. The molecule has 0 fully saturated rings. The molecular formula is C21H23N3O2. The highest BCUT2D eigenvalue weighted by Crippen LogP contribution is 2.31. The van der Waals surface area contributed by atoms with Crippen LogP contribution >= 0.6 is 0 Å². The van der Waals surface area contributed by atoms with Crippen LogP contribution in [-0.2, 0) is 4.74 Å². The number of amides is 1. The molecule has 26 heavy (non-hydrogen) atoms. The Balaban J connectivity index is 1.79. The summed E-state index contributed by atoms with van der Waals surface area (Å²) in [6.07, 6.45) is -0.486. The van der Waals surface area contributed by atoms with Gasteiger partial charge in [0, 0.05) is 16.8 Å². The molecule has 0 saturated heterocycles. The van der Waals surface area contributed by atoms with Gasteiger partial charge in [-0.1, -0.05) is 36.4 Å². The minimum atomic E-state index is -0.542. The minimum Gasteiger partial charge on any atom is -0.444 e. The maximum Gasteiger partial charge on any atom is 0.412 e. The van der Waals surface area contributed by atoms with Gasteiger partial charge in [0.15, 0.2) is 0 Å². The van der Waals surface area contributed by atoms with Crippen molar-refractivity contribution in [2.24, 2.45) is 0 Å². The van der Waals surface area contributed by atoms with E-state index in [-0.39, 0.29) is 0 Å². The maximum atomic E-state index is 11.9. The van der Waals surface area contributed by atoms with Crippen molar-refractivity contribution < 1.29 is 9.53 Å². The zero-order valence-electron chi connectivity index (χ0n) is 15.2. The monoisotopic (exact) mass is 349 g/mol. The zero-order chi connectivity index (χ0) is 18.7. The second kappa shape index (κ2) is 6.96. The van der Waals surface area contributed by atoms with E-state index in [1.807, 2.05) is 75.4 Å². The van der Waals surface area contributed by atoms with E-state index in [0.717, 1.165) is 22.1 Å².